The van der Waals surface area contributed by atoms with E-state index < -0.39 is 5.60 Å². The molecule has 0 saturated carbocycles. The van der Waals surface area contributed by atoms with E-state index in [0.717, 1.165) is 57.1 Å². The van der Waals surface area contributed by atoms with Gasteiger partial charge in [0, 0.05) is 31.9 Å². The number of hydrogen-bond donors (Lipinski definition) is 1. The highest BCUT2D eigenvalue weighted by atomic mass is 16.5. The van der Waals surface area contributed by atoms with Crippen molar-refractivity contribution in [3.63, 3.8) is 0 Å². The Bertz CT molecular complexity index is 558. The zero-order valence-corrected chi connectivity index (χ0v) is 17.0. The molecular formula is C21H34N2O4. The van der Waals surface area contributed by atoms with Gasteiger partial charge in [0.05, 0.1) is 19.8 Å². The summed E-state index contributed by atoms with van der Waals surface area (Å²) < 4.78 is 16.9. The molecule has 152 valence electrons. The van der Waals surface area contributed by atoms with E-state index in [4.69, 9.17) is 14.2 Å². The topological polar surface area (TPSA) is 60.0 Å². The standard InChI is InChI=1S/C21H34N2O4/c1-4-14-27-21(3,5-2)20(24)22-18-7-9-19(10-8-18)26-15-6-11-23-12-16-25-17-13-23/h7-10H,4-6,11-17H2,1-3H3,(H,22,24)/t21-/m0/s1. The largest absolute Gasteiger partial charge is 0.494 e. The van der Waals surface area contributed by atoms with Crippen LogP contribution in [0.25, 0.3) is 0 Å². The van der Waals surface area contributed by atoms with Gasteiger partial charge in [-0.05, 0) is 50.5 Å². The number of rotatable bonds is 11. The molecule has 1 aromatic rings. The molecule has 1 amide bonds. The van der Waals surface area contributed by atoms with Gasteiger partial charge in [-0.1, -0.05) is 13.8 Å². The number of amides is 1. The first kappa shape index (κ1) is 21.7. The van der Waals surface area contributed by atoms with Crippen molar-refractivity contribution in [3.8, 4) is 5.75 Å². The van der Waals surface area contributed by atoms with Gasteiger partial charge in [-0.2, -0.15) is 0 Å². The second-order valence-electron chi connectivity index (χ2n) is 7.07. The predicted octanol–water partition coefficient (Wildman–Crippen LogP) is 3.32. The molecule has 27 heavy (non-hydrogen) atoms. The summed E-state index contributed by atoms with van der Waals surface area (Å²) in [5.41, 5.74) is -0.0505. The van der Waals surface area contributed by atoms with Crippen LogP contribution in [0.15, 0.2) is 24.3 Å². The number of nitrogens with one attached hydrogen (secondary N) is 1. The van der Waals surface area contributed by atoms with Gasteiger partial charge in [0.15, 0.2) is 0 Å². The SMILES string of the molecule is CCCO[C@@](C)(CC)C(=O)Nc1ccc(OCCCN2CCOCC2)cc1. The number of hydrogen-bond acceptors (Lipinski definition) is 5. The Morgan fingerprint density at radius 1 is 1.19 bits per heavy atom. The molecule has 2 rings (SSSR count). The lowest BCUT2D eigenvalue weighted by atomic mass is 10.0. The second-order valence-corrected chi connectivity index (χ2v) is 7.07. The minimum atomic E-state index is -0.801. The van der Waals surface area contributed by atoms with E-state index in [0.29, 0.717) is 19.6 Å². The fraction of sp³-hybridized carbons (Fsp3) is 0.667. The Labute approximate surface area is 163 Å². The van der Waals surface area contributed by atoms with Crippen molar-refractivity contribution in [2.75, 3.05) is 51.4 Å². The van der Waals surface area contributed by atoms with Crippen molar-refractivity contribution in [1.29, 1.82) is 0 Å². The summed E-state index contributed by atoms with van der Waals surface area (Å²) in [5.74, 6) is 0.702. The van der Waals surface area contributed by atoms with Gasteiger partial charge >= 0.3 is 0 Å². The van der Waals surface area contributed by atoms with E-state index in [-0.39, 0.29) is 5.91 Å². The van der Waals surface area contributed by atoms with Crippen LogP contribution in [0, 0.1) is 0 Å². The fourth-order valence-corrected chi connectivity index (χ4v) is 2.86. The van der Waals surface area contributed by atoms with Crippen molar-refractivity contribution >= 4 is 11.6 Å². The molecule has 0 bridgehead atoms. The van der Waals surface area contributed by atoms with Crippen LogP contribution in [-0.2, 0) is 14.3 Å². The molecule has 1 atom stereocenters. The van der Waals surface area contributed by atoms with Crippen LogP contribution in [0.2, 0.25) is 0 Å². The Hall–Kier alpha value is -1.63. The van der Waals surface area contributed by atoms with Crippen LogP contribution >= 0.6 is 0 Å². The zero-order valence-electron chi connectivity index (χ0n) is 17.0. The van der Waals surface area contributed by atoms with Gasteiger partial charge in [0.1, 0.15) is 11.4 Å². The lowest BCUT2D eigenvalue weighted by Gasteiger charge is -2.27. The summed E-state index contributed by atoms with van der Waals surface area (Å²) in [5, 5.41) is 2.94. The summed E-state index contributed by atoms with van der Waals surface area (Å²) in [6, 6.07) is 7.51. The van der Waals surface area contributed by atoms with E-state index in [1.165, 1.54) is 0 Å². The lowest BCUT2D eigenvalue weighted by Crippen LogP contribution is -2.42. The zero-order chi connectivity index (χ0) is 19.5. The second kappa shape index (κ2) is 11.3. The maximum absolute atomic E-state index is 12.5. The highest BCUT2D eigenvalue weighted by Gasteiger charge is 2.32. The molecule has 6 nitrogen and oxygen atoms in total. The van der Waals surface area contributed by atoms with E-state index in [1.54, 1.807) is 0 Å². The summed E-state index contributed by atoms with van der Waals surface area (Å²) in [6.45, 7) is 11.8. The first-order valence-corrected chi connectivity index (χ1v) is 10.1. The Morgan fingerprint density at radius 3 is 2.52 bits per heavy atom. The van der Waals surface area contributed by atoms with Crippen molar-refractivity contribution in [1.82, 2.24) is 4.90 Å². The van der Waals surface area contributed by atoms with Gasteiger partial charge < -0.3 is 19.5 Å². The quantitative estimate of drug-likeness (QED) is 0.599. The molecule has 1 N–H and O–H groups in total. The average molecular weight is 379 g/mol. The number of anilines is 1. The van der Waals surface area contributed by atoms with E-state index in [1.807, 2.05) is 45.0 Å². The molecule has 1 saturated heterocycles. The predicted molar refractivity (Wildman–Crippen MR) is 107 cm³/mol. The minimum Gasteiger partial charge on any atom is -0.494 e. The third-order valence-corrected chi connectivity index (χ3v) is 4.88. The molecule has 0 unspecified atom stereocenters. The first-order valence-electron chi connectivity index (χ1n) is 10.1. The maximum Gasteiger partial charge on any atom is 0.256 e. The van der Waals surface area contributed by atoms with Crippen LogP contribution in [0.4, 0.5) is 5.69 Å². The van der Waals surface area contributed by atoms with Crippen LogP contribution in [0.3, 0.4) is 0 Å². The van der Waals surface area contributed by atoms with Gasteiger partial charge in [-0.3, -0.25) is 9.69 Å². The van der Waals surface area contributed by atoms with Crippen LogP contribution < -0.4 is 10.1 Å². The molecule has 6 heteroatoms. The average Bonchev–Trinajstić information content (AvgIpc) is 2.71. The Morgan fingerprint density at radius 2 is 1.89 bits per heavy atom. The molecule has 0 radical (unpaired) electrons. The fourth-order valence-electron chi connectivity index (χ4n) is 2.86. The molecule has 1 heterocycles. The summed E-state index contributed by atoms with van der Waals surface area (Å²) in [7, 11) is 0. The Balaban J connectivity index is 1.74. The van der Waals surface area contributed by atoms with Crippen LogP contribution in [0.1, 0.15) is 40.0 Å². The summed E-state index contributed by atoms with van der Waals surface area (Å²) in [6.07, 6.45) is 2.51. The summed E-state index contributed by atoms with van der Waals surface area (Å²) >= 11 is 0. The smallest absolute Gasteiger partial charge is 0.256 e. The summed E-state index contributed by atoms with van der Waals surface area (Å²) in [4.78, 5) is 14.9. The third kappa shape index (κ3) is 7.13. The minimum absolute atomic E-state index is 0.113. The molecule has 1 fully saturated rings. The molecule has 0 spiro atoms. The molecular weight excluding hydrogens is 344 g/mol. The van der Waals surface area contributed by atoms with Crippen molar-refractivity contribution in [2.24, 2.45) is 0 Å². The van der Waals surface area contributed by atoms with Gasteiger partial charge in [0.25, 0.3) is 5.91 Å². The van der Waals surface area contributed by atoms with Crippen LogP contribution in [0.5, 0.6) is 5.75 Å². The number of carbonyl (C=O) groups excluding carboxylic acids is 1. The molecule has 0 aliphatic carbocycles. The monoisotopic (exact) mass is 378 g/mol. The molecule has 1 aromatic carbocycles. The van der Waals surface area contributed by atoms with Crippen molar-refractivity contribution in [2.45, 2.75) is 45.6 Å². The van der Waals surface area contributed by atoms with Crippen LogP contribution in [-0.4, -0.2) is 62.5 Å². The normalized spacial score (nSPS) is 17.3. The number of carbonyl (C=O) groups is 1. The maximum atomic E-state index is 12.5. The van der Waals surface area contributed by atoms with E-state index >= 15 is 0 Å². The lowest BCUT2D eigenvalue weighted by molar-refractivity contribution is -0.139. The number of nitrogens with zero attached hydrogens (tertiary/aromatic N) is 1. The highest BCUT2D eigenvalue weighted by molar-refractivity contribution is 5.97. The van der Waals surface area contributed by atoms with E-state index in [2.05, 4.69) is 10.2 Å². The molecule has 1 aliphatic heterocycles. The number of ether oxygens (including phenoxy) is 3. The molecule has 0 aromatic heterocycles. The van der Waals surface area contributed by atoms with Crippen molar-refractivity contribution < 1.29 is 19.0 Å². The number of morpholine rings is 1. The van der Waals surface area contributed by atoms with Gasteiger partial charge in [-0.25, -0.2) is 0 Å². The molecule has 1 aliphatic rings. The van der Waals surface area contributed by atoms with Crippen molar-refractivity contribution in [3.05, 3.63) is 24.3 Å². The Kier molecular flexibility index (Phi) is 9.04. The third-order valence-electron chi connectivity index (χ3n) is 4.88. The van der Waals surface area contributed by atoms with Gasteiger partial charge in [0.2, 0.25) is 0 Å². The highest BCUT2D eigenvalue weighted by Crippen LogP contribution is 2.21. The first-order chi connectivity index (χ1) is 13.1. The number of benzene rings is 1. The van der Waals surface area contributed by atoms with Gasteiger partial charge in [-0.15, -0.1) is 0 Å². The van der Waals surface area contributed by atoms with E-state index in [9.17, 15) is 4.79 Å².